The van der Waals surface area contributed by atoms with Gasteiger partial charge < -0.3 is 14.2 Å². The molecular formula is C19H22ClN3O4. The number of amides is 1. The molecular weight excluding hydrogens is 370 g/mol. The third-order valence-electron chi connectivity index (χ3n) is 3.67. The number of aromatic nitrogens is 2. The van der Waals surface area contributed by atoms with Gasteiger partial charge in [-0.25, -0.2) is 0 Å². The van der Waals surface area contributed by atoms with Gasteiger partial charge in [0.2, 0.25) is 11.7 Å². The molecule has 1 aromatic heterocycles. The average Bonchev–Trinajstić information content (AvgIpc) is 3.11. The van der Waals surface area contributed by atoms with Crippen molar-refractivity contribution in [1.29, 1.82) is 0 Å². The van der Waals surface area contributed by atoms with Gasteiger partial charge in [0.15, 0.2) is 6.61 Å². The third-order valence-corrected chi connectivity index (χ3v) is 3.92. The van der Waals surface area contributed by atoms with E-state index in [0.717, 1.165) is 11.1 Å². The summed E-state index contributed by atoms with van der Waals surface area (Å²) in [5, 5.41) is 4.50. The van der Waals surface area contributed by atoms with Crippen LogP contribution in [-0.2, 0) is 20.7 Å². The summed E-state index contributed by atoms with van der Waals surface area (Å²) < 4.78 is 10.2. The molecule has 27 heavy (non-hydrogen) atoms. The number of nitrogens with zero attached hydrogens (tertiary/aromatic N) is 3. The first-order valence-electron chi connectivity index (χ1n) is 8.55. The maximum absolute atomic E-state index is 12.0. The molecule has 0 fully saturated rings. The average molecular weight is 392 g/mol. The Hall–Kier alpha value is -2.67. The van der Waals surface area contributed by atoms with E-state index >= 15 is 0 Å². The number of hydrogen-bond acceptors (Lipinski definition) is 6. The van der Waals surface area contributed by atoms with Crippen molar-refractivity contribution >= 4 is 23.5 Å². The molecule has 0 atom stereocenters. The number of carbonyl (C=O) groups excluding carboxylic acids is 2. The van der Waals surface area contributed by atoms with Crippen molar-refractivity contribution in [2.75, 3.05) is 19.7 Å². The van der Waals surface area contributed by atoms with Gasteiger partial charge in [-0.1, -0.05) is 28.9 Å². The molecule has 0 aliphatic heterocycles. The summed E-state index contributed by atoms with van der Waals surface area (Å²) in [7, 11) is 0. The zero-order chi connectivity index (χ0) is 19.8. The predicted molar refractivity (Wildman–Crippen MR) is 101 cm³/mol. The Morgan fingerprint density at radius 1 is 1.30 bits per heavy atom. The molecule has 8 heteroatoms. The number of hydrogen-bond donors (Lipinski definition) is 0. The van der Waals surface area contributed by atoms with E-state index in [2.05, 4.69) is 16.7 Å². The van der Waals surface area contributed by atoms with Gasteiger partial charge in [0.25, 0.3) is 5.91 Å². The summed E-state index contributed by atoms with van der Waals surface area (Å²) in [6.07, 6.45) is 0.277. The summed E-state index contributed by atoms with van der Waals surface area (Å²) in [4.78, 5) is 29.7. The summed E-state index contributed by atoms with van der Waals surface area (Å²) in [6.45, 7) is 8.16. The number of halogens is 1. The van der Waals surface area contributed by atoms with E-state index in [9.17, 15) is 9.59 Å². The highest BCUT2D eigenvalue weighted by molar-refractivity contribution is 6.30. The fourth-order valence-corrected chi connectivity index (χ4v) is 2.42. The predicted octanol–water partition coefficient (Wildman–Crippen LogP) is 3.29. The monoisotopic (exact) mass is 391 g/mol. The lowest BCUT2D eigenvalue weighted by Gasteiger charge is -2.20. The van der Waals surface area contributed by atoms with Crippen LogP contribution in [0.2, 0.25) is 5.02 Å². The molecule has 7 nitrogen and oxygen atoms in total. The molecule has 1 amide bonds. The topological polar surface area (TPSA) is 85.5 Å². The van der Waals surface area contributed by atoms with Gasteiger partial charge in [-0.05, 0) is 38.1 Å². The Kier molecular flexibility index (Phi) is 7.55. The third kappa shape index (κ3) is 6.53. The second-order valence-corrected chi connectivity index (χ2v) is 6.48. The molecule has 2 aromatic rings. The second kappa shape index (κ2) is 9.87. The molecule has 0 spiro atoms. The molecule has 1 aromatic carbocycles. The highest BCUT2D eigenvalue weighted by Crippen LogP contribution is 2.19. The van der Waals surface area contributed by atoms with Gasteiger partial charge >= 0.3 is 5.97 Å². The van der Waals surface area contributed by atoms with Gasteiger partial charge in [0, 0.05) is 30.1 Å². The Morgan fingerprint density at radius 3 is 2.63 bits per heavy atom. The second-order valence-electron chi connectivity index (χ2n) is 6.04. The van der Waals surface area contributed by atoms with Gasteiger partial charge in [-0.3, -0.25) is 9.59 Å². The quantitative estimate of drug-likeness (QED) is 0.481. The highest BCUT2D eigenvalue weighted by Gasteiger charge is 2.15. The molecule has 0 aliphatic rings. The van der Waals surface area contributed by atoms with Crippen molar-refractivity contribution in [3.8, 4) is 11.4 Å². The maximum atomic E-state index is 12.0. The fraction of sp³-hybridized carbons (Fsp3) is 0.368. The Balaban J connectivity index is 1.79. The number of benzene rings is 1. The Labute approximate surface area is 162 Å². The molecule has 0 aliphatic carbocycles. The molecule has 0 saturated carbocycles. The lowest BCUT2D eigenvalue weighted by molar-refractivity contribution is -0.151. The molecule has 0 bridgehead atoms. The lowest BCUT2D eigenvalue weighted by Crippen LogP contribution is -2.35. The zero-order valence-corrected chi connectivity index (χ0v) is 16.2. The van der Waals surface area contributed by atoms with Crippen LogP contribution in [0.1, 0.15) is 26.2 Å². The molecule has 0 unspecified atom stereocenters. The zero-order valence-electron chi connectivity index (χ0n) is 15.4. The number of esters is 1. The molecule has 0 radical (unpaired) electrons. The Bertz CT molecular complexity index is 802. The van der Waals surface area contributed by atoms with Crippen LogP contribution >= 0.6 is 11.6 Å². The first-order valence-corrected chi connectivity index (χ1v) is 8.93. The van der Waals surface area contributed by atoms with E-state index in [0.29, 0.717) is 29.8 Å². The number of rotatable bonds is 9. The van der Waals surface area contributed by atoms with Crippen LogP contribution in [0.5, 0.6) is 0 Å². The van der Waals surface area contributed by atoms with Crippen LogP contribution in [0.25, 0.3) is 11.4 Å². The van der Waals surface area contributed by atoms with Crippen LogP contribution in [-0.4, -0.2) is 46.6 Å². The van der Waals surface area contributed by atoms with E-state index in [1.165, 1.54) is 0 Å². The minimum atomic E-state index is -0.499. The number of carbonyl (C=O) groups is 2. The summed E-state index contributed by atoms with van der Waals surface area (Å²) in [5.74, 6) is -0.0121. The molecule has 0 saturated heterocycles. The van der Waals surface area contributed by atoms with Crippen molar-refractivity contribution in [2.45, 2.75) is 26.7 Å². The van der Waals surface area contributed by atoms with Crippen LogP contribution in [0.3, 0.4) is 0 Å². The maximum Gasteiger partial charge on any atom is 0.306 e. The van der Waals surface area contributed by atoms with Gasteiger partial charge in [0.1, 0.15) is 0 Å². The first-order chi connectivity index (χ1) is 12.9. The number of likely N-dealkylation sites (N-methyl/N-ethyl adjacent to an activating group) is 1. The van der Waals surface area contributed by atoms with Crippen molar-refractivity contribution < 1.29 is 18.8 Å². The minimum absolute atomic E-state index is 0.0438. The van der Waals surface area contributed by atoms with Crippen LogP contribution in [0.4, 0.5) is 0 Å². The van der Waals surface area contributed by atoms with Crippen molar-refractivity contribution in [2.24, 2.45) is 0 Å². The van der Waals surface area contributed by atoms with Crippen molar-refractivity contribution in [3.05, 3.63) is 47.3 Å². The van der Waals surface area contributed by atoms with Crippen LogP contribution in [0.15, 0.2) is 40.9 Å². The molecule has 144 valence electrons. The van der Waals surface area contributed by atoms with Gasteiger partial charge in [-0.15, -0.1) is 0 Å². The van der Waals surface area contributed by atoms with E-state index in [1.54, 1.807) is 29.2 Å². The minimum Gasteiger partial charge on any atom is -0.456 e. The van der Waals surface area contributed by atoms with Crippen molar-refractivity contribution in [3.63, 3.8) is 0 Å². The molecule has 2 rings (SSSR count). The summed E-state index contributed by atoms with van der Waals surface area (Å²) in [6, 6.07) is 7.02. The highest BCUT2D eigenvalue weighted by atomic mass is 35.5. The van der Waals surface area contributed by atoms with E-state index < -0.39 is 5.97 Å². The summed E-state index contributed by atoms with van der Waals surface area (Å²) >= 11 is 5.85. The van der Waals surface area contributed by atoms with Crippen molar-refractivity contribution in [1.82, 2.24) is 15.0 Å². The largest absolute Gasteiger partial charge is 0.456 e. The summed E-state index contributed by atoms with van der Waals surface area (Å²) in [5.41, 5.74) is 1.63. The van der Waals surface area contributed by atoms with Gasteiger partial charge in [-0.2, -0.15) is 4.98 Å². The fourth-order valence-electron chi connectivity index (χ4n) is 2.29. The van der Waals surface area contributed by atoms with Crippen LogP contribution < -0.4 is 0 Å². The Morgan fingerprint density at radius 2 is 2.00 bits per heavy atom. The first kappa shape index (κ1) is 20.6. The number of ether oxygens (including phenoxy) is 1. The van der Waals surface area contributed by atoms with E-state index in [-0.39, 0.29) is 25.4 Å². The van der Waals surface area contributed by atoms with Gasteiger partial charge in [0.05, 0.1) is 6.42 Å². The lowest BCUT2D eigenvalue weighted by atomic mass is 10.2. The molecule has 0 N–H and O–H groups in total. The van der Waals surface area contributed by atoms with Crippen LogP contribution in [0, 0.1) is 0 Å². The smallest absolute Gasteiger partial charge is 0.306 e. The molecule has 1 heterocycles. The van der Waals surface area contributed by atoms with E-state index in [1.807, 2.05) is 13.8 Å². The van der Waals surface area contributed by atoms with E-state index in [4.69, 9.17) is 20.9 Å². The SMILES string of the molecule is C=C(C)CN(CC)C(=O)COC(=O)CCc1nc(-c2ccc(Cl)cc2)no1. The standard InChI is InChI=1S/C19H22ClN3O4/c1-4-23(11-13(2)3)17(24)12-26-18(25)10-9-16-21-19(22-27-16)14-5-7-15(20)8-6-14/h5-8H,2,4,9-12H2,1,3H3. The number of aryl methyl sites for hydroxylation is 1. The normalized spacial score (nSPS) is 10.5.